The van der Waals surface area contributed by atoms with Crippen molar-refractivity contribution in [1.29, 1.82) is 0 Å². The van der Waals surface area contributed by atoms with Gasteiger partial charge in [0.2, 0.25) is 0 Å². The second-order valence-electron chi connectivity index (χ2n) is 5.12. The number of nitrogens with one attached hydrogen (secondary N) is 2. The van der Waals surface area contributed by atoms with E-state index in [1.807, 2.05) is 13.8 Å². The molecule has 1 aliphatic rings. The van der Waals surface area contributed by atoms with Crippen molar-refractivity contribution in [3.63, 3.8) is 0 Å². The third-order valence-corrected chi connectivity index (χ3v) is 3.83. The van der Waals surface area contributed by atoms with Crippen LogP contribution in [0.3, 0.4) is 0 Å². The first-order valence-electron chi connectivity index (χ1n) is 6.54. The van der Waals surface area contributed by atoms with Crippen LogP contribution in [0.5, 0.6) is 0 Å². The fourth-order valence-electron chi connectivity index (χ4n) is 2.73. The maximum atomic E-state index is 12.1. The van der Waals surface area contributed by atoms with Gasteiger partial charge in [-0.1, -0.05) is 24.3 Å². The molecule has 1 unspecified atom stereocenters. The standard InChI is InChI=1S/C15H17N3O/c1-9-14(10(2)18-17-9)15(19)16-8-12-7-11-5-3-4-6-13(11)12/h3-6,12H,7-8H2,1-2H3,(H,16,19)(H,17,18). The lowest BCUT2D eigenvalue weighted by Gasteiger charge is -2.30. The molecule has 0 saturated carbocycles. The third-order valence-electron chi connectivity index (χ3n) is 3.83. The molecule has 0 radical (unpaired) electrons. The van der Waals surface area contributed by atoms with Crippen molar-refractivity contribution in [1.82, 2.24) is 15.5 Å². The first-order chi connectivity index (χ1) is 9.16. The normalized spacial score (nSPS) is 16.6. The average Bonchev–Trinajstić information content (AvgIpc) is 2.70. The van der Waals surface area contributed by atoms with E-state index in [1.54, 1.807) is 0 Å². The molecular formula is C15H17N3O. The Morgan fingerprint density at radius 1 is 1.42 bits per heavy atom. The van der Waals surface area contributed by atoms with Gasteiger partial charge < -0.3 is 5.32 Å². The number of carbonyl (C=O) groups excluding carboxylic acids is 1. The van der Waals surface area contributed by atoms with Crippen LogP contribution in [0.25, 0.3) is 0 Å². The Morgan fingerprint density at radius 2 is 2.21 bits per heavy atom. The van der Waals surface area contributed by atoms with E-state index in [4.69, 9.17) is 0 Å². The molecular weight excluding hydrogens is 238 g/mol. The maximum absolute atomic E-state index is 12.1. The van der Waals surface area contributed by atoms with Crippen LogP contribution in [0.4, 0.5) is 0 Å². The van der Waals surface area contributed by atoms with E-state index in [0.29, 0.717) is 18.0 Å². The molecule has 0 aliphatic heterocycles. The molecule has 4 heteroatoms. The lowest BCUT2D eigenvalue weighted by molar-refractivity contribution is 0.0949. The molecule has 0 saturated heterocycles. The van der Waals surface area contributed by atoms with Gasteiger partial charge in [0.05, 0.1) is 11.3 Å². The van der Waals surface area contributed by atoms with E-state index in [1.165, 1.54) is 11.1 Å². The zero-order chi connectivity index (χ0) is 13.4. The van der Waals surface area contributed by atoms with Gasteiger partial charge in [-0.25, -0.2) is 0 Å². The van der Waals surface area contributed by atoms with Gasteiger partial charge in [-0.15, -0.1) is 0 Å². The summed E-state index contributed by atoms with van der Waals surface area (Å²) < 4.78 is 0. The van der Waals surface area contributed by atoms with Crippen molar-refractivity contribution < 1.29 is 4.79 Å². The first kappa shape index (κ1) is 12.0. The molecule has 0 bridgehead atoms. The Balaban J connectivity index is 1.64. The summed E-state index contributed by atoms with van der Waals surface area (Å²) in [5.41, 5.74) is 5.02. The predicted molar refractivity (Wildman–Crippen MR) is 73.3 cm³/mol. The van der Waals surface area contributed by atoms with Crippen molar-refractivity contribution in [2.45, 2.75) is 26.2 Å². The van der Waals surface area contributed by atoms with E-state index in [0.717, 1.165) is 17.8 Å². The molecule has 0 fully saturated rings. The lowest BCUT2D eigenvalue weighted by Crippen LogP contribution is -2.33. The third kappa shape index (κ3) is 2.03. The van der Waals surface area contributed by atoms with Crippen LogP contribution in [-0.2, 0) is 6.42 Å². The molecule has 0 spiro atoms. The van der Waals surface area contributed by atoms with Gasteiger partial charge >= 0.3 is 0 Å². The summed E-state index contributed by atoms with van der Waals surface area (Å²) >= 11 is 0. The molecule has 1 amide bonds. The summed E-state index contributed by atoms with van der Waals surface area (Å²) in [6.45, 7) is 4.41. The highest BCUT2D eigenvalue weighted by Gasteiger charge is 2.26. The largest absolute Gasteiger partial charge is 0.351 e. The van der Waals surface area contributed by atoms with Gasteiger partial charge in [-0.3, -0.25) is 9.89 Å². The number of carbonyl (C=O) groups is 1. The quantitative estimate of drug-likeness (QED) is 0.882. The van der Waals surface area contributed by atoms with Crippen LogP contribution in [0.15, 0.2) is 24.3 Å². The average molecular weight is 255 g/mol. The Morgan fingerprint density at radius 3 is 2.89 bits per heavy atom. The molecule has 1 aliphatic carbocycles. The number of fused-ring (bicyclic) bond motifs is 1. The fraction of sp³-hybridized carbons (Fsp3) is 0.333. The number of rotatable bonds is 3. The summed E-state index contributed by atoms with van der Waals surface area (Å²) in [5, 5.41) is 9.90. The smallest absolute Gasteiger partial charge is 0.255 e. The number of aromatic nitrogens is 2. The SMILES string of the molecule is Cc1n[nH]c(C)c1C(=O)NCC1Cc2ccccc21. The zero-order valence-corrected chi connectivity index (χ0v) is 11.2. The van der Waals surface area contributed by atoms with Crippen molar-refractivity contribution in [2.75, 3.05) is 6.54 Å². The Kier molecular flexibility index (Phi) is 2.85. The van der Waals surface area contributed by atoms with E-state index in [-0.39, 0.29) is 5.91 Å². The minimum absolute atomic E-state index is 0.0341. The highest BCUT2D eigenvalue weighted by atomic mass is 16.1. The molecule has 1 atom stereocenters. The van der Waals surface area contributed by atoms with Crippen LogP contribution in [0.2, 0.25) is 0 Å². The van der Waals surface area contributed by atoms with Crippen molar-refractivity contribution >= 4 is 5.91 Å². The molecule has 2 N–H and O–H groups in total. The highest BCUT2D eigenvalue weighted by Crippen LogP contribution is 2.34. The number of aromatic amines is 1. The number of H-pyrrole nitrogens is 1. The van der Waals surface area contributed by atoms with Crippen molar-refractivity contribution in [3.8, 4) is 0 Å². The van der Waals surface area contributed by atoms with Gasteiger partial charge in [-0.05, 0) is 31.4 Å². The van der Waals surface area contributed by atoms with Crippen LogP contribution in [0, 0.1) is 13.8 Å². The number of aryl methyl sites for hydroxylation is 2. The number of nitrogens with zero attached hydrogens (tertiary/aromatic N) is 1. The second-order valence-corrected chi connectivity index (χ2v) is 5.12. The monoisotopic (exact) mass is 255 g/mol. The van der Waals surface area contributed by atoms with Crippen LogP contribution in [-0.4, -0.2) is 22.6 Å². The number of amides is 1. The van der Waals surface area contributed by atoms with Gasteiger partial charge in [0, 0.05) is 18.2 Å². The van der Waals surface area contributed by atoms with Gasteiger partial charge in [0.1, 0.15) is 0 Å². The summed E-state index contributed by atoms with van der Waals surface area (Å²) in [6, 6.07) is 8.41. The Labute approximate surface area is 112 Å². The number of hydrogen-bond donors (Lipinski definition) is 2. The molecule has 2 aromatic rings. The number of benzene rings is 1. The first-order valence-corrected chi connectivity index (χ1v) is 6.54. The van der Waals surface area contributed by atoms with E-state index in [9.17, 15) is 4.79 Å². The highest BCUT2D eigenvalue weighted by molar-refractivity contribution is 5.96. The van der Waals surface area contributed by atoms with Crippen LogP contribution >= 0.6 is 0 Å². The Hall–Kier alpha value is -2.10. The summed E-state index contributed by atoms with van der Waals surface area (Å²) in [6.07, 6.45) is 1.06. The lowest BCUT2D eigenvalue weighted by atomic mass is 9.77. The minimum Gasteiger partial charge on any atom is -0.351 e. The van der Waals surface area contributed by atoms with E-state index in [2.05, 4.69) is 39.8 Å². The van der Waals surface area contributed by atoms with Crippen molar-refractivity contribution in [2.24, 2.45) is 0 Å². The van der Waals surface area contributed by atoms with Gasteiger partial charge in [0.15, 0.2) is 0 Å². The summed E-state index contributed by atoms with van der Waals surface area (Å²) in [5.74, 6) is 0.417. The van der Waals surface area contributed by atoms with E-state index < -0.39 is 0 Å². The number of hydrogen-bond acceptors (Lipinski definition) is 2. The molecule has 1 aromatic carbocycles. The second kappa shape index (κ2) is 4.53. The zero-order valence-electron chi connectivity index (χ0n) is 11.2. The van der Waals surface area contributed by atoms with Gasteiger partial charge in [-0.2, -0.15) is 5.10 Å². The Bertz CT molecular complexity index is 611. The maximum Gasteiger partial charge on any atom is 0.255 e. The van der Waals surface area contributed by atoms with Gasteiger partial charge in [0.25, 0.3) is 5.91 Å². The van der Waals surface area contributed by atoms with Crippen LogP contribution in [0.1, 0.15) is 38.8 Å². The molecule has 1 heterocycles. The van der Waals surface area contributed by atoms with E-state index >= 15 is 0 Å². The summed E-state index contributed by atoms with van der Waals surface area (Å²) in [7, 11) is 0. The molecule has 3 rings (SSSR count). The molecule has 1 aromatic heterocycles. The minimum atomic E-state index is -0.0341. The molecule has 98 valence electrons. The fourth-order valence-corrected chi connectivity index (χ4v) is 2.73. The molecule has 19 heavy (non-hydrogen) atoms. The molecule has 4 nitrogen and oxygen atoms in total. The van der Waals surface area contributed by atoms with Crippen molar-refractivity contribution in [3.05, 3.63) is 52.3 Å². The summed E-state index contributed by atoms with van der Waals surface area (Å²) in [4.78, 5) is 12.1. The van der Waals surface area contributed by atoms with Crippen LogP contribution < -0.4 is 5.32 Å². The topological polar surface area (TPSA) is 57.8 Å². The predicted octanol–water partition coefficient (Wildman–Crippen LogP) is 2.10.